The Hall–Kier alpha value is -4.13. The lowest BCUT2D eigenvalue weighted by atomic mass is 10.2. The highest BCUT2D eigenvalue weighted by atomic mass is 16.5. The molecule has 1 fully saturated rings. The maximum absolute atomic E-state index is 12.7. The van der Waals surface area contributed by atoms with Crippen molar-refractivity contribution in [3.63, 3.8) is 0 Å². The van der Waals surface area contributed by atoms with Crippen molar-refractivity contribution in [1.82, 2.24) is 30.6 Å². The van der Waals surface area contributed by atoms with Gasteiger partial charge in [-0.3, -0.25) is 9.59 Å². The summed E-state index contributed by atoms with van der Waals surface area (Å²) in [6.07, 6.45) is 3.78. The molecule has 0 aromatic carbocycles. The molecular weight excluding hydrogens is 444 g/mol. The number of ether oxygens (including phenoxy) is 2. The van der Waals surface area contributed by atoms with Gasteiger partial charge in [0, 0.05) is 36.9 Å². The molecule has 1 aliphatic carbocycles. The number of rotatable bonds is 10. The van der Waals surface area contributed by atoms with Gasteiger partial charge in [0.25, 0.3) is 11.8 Å². The van der Waals surface area contributed by atoms with Gasteiger partial charge >= 0.3 is 0 Å². The van der Waals surface area contributed by atoms with Crippen molar-refractivity contribution in [1.29, 1.82) is 0 Å². The fourth-order valence-corrected chi connectivity index (χ4v) is 3.15. The zero-order valence-corrected chi connectivity index (χ0v) is 18.4. The number of anilines is 3. The van der Waals surface area contributed by atoms with E-state index in [4.69, 9.17) is 18.1 Å². The van der Waals surface area contributed by atoms with E-state index in [1.54, 1.807) is 6.07 Å². The molecule has 1 aliphatic rings. The maximum Gasteiger partial charge on any atom is 0.273 e. The van der Waals surface area contributed by atoms with Crippen molar-refractivity contribution in [2.24, 2.45) is 5.92 Å². The van der Waals surface area contributed by atoms with Crippen LogP contribution in [-0.2, 0) is 16.1 Å². The Morgan fingerprint density at radius 1 is 1.29 bits per heavy atom. The molecule has 0 atom stereocenters. The number of pyridine rings is 1. The predicted octanol–water partition coefficient (Wildman–Crippen LogP) is 1.92. The number of nitrogens with zero attached hydrogens (tertiary/aromatic N) is 5. The molecule has 2 amide bonds. The molecular formula is C21H24N8O5. The molecule has 3 heterocycles. The van der Waals surface area contributed by atoms with E-state index in [2.05, 4.69) is 36.0 Å². The molecule has 3 N–H and O–H groups in total. The van der Waals surface area contributed by atoms with Crippen LogP contribution < -0.4 is 20.7 Å². The summed E-state index contributed by atoms with van der Waals surface area (Å²) >= 11 is 0. The summed E-state index contributed by atoms with van der Waals surface area (Å²) in [5.74, 6) is -0.0611. The Labute approximate surface area is 198 Å². The van der Waals surface area contributed by atoms with E-state index < -0.39 is 12.9 Å². The van der Waals surface area contributed by atoms with Crippen molar-refractivity contribution in [2.45, 2.75) is 25.9 Å². The monoisotopic (exact) mass is 471 g/mol. The van der Waals surface area contributed by atoms with Gasteiger partial charge in [0.15, 0.2) is 23.1 Å². The first-order chi connectivity index (χ1) is 17.7. The van der Waals surface area contributed by atoms with E-state index in [-0.39, 0.29) is 53.0 Å². The van der Waals surface area contributed by atoms with Crippen molar-refractivity contribution in [3.05, 3.63) is 29.9 Å². The van der Waals surface area contributed by atoms with Crippen LogP contribution in [0.3, 0.4) is 0 Å². The number of methoxy groups -OCH3 is 2. The van der Waals surface area contributed by atoms with E-state index in [0.29, 0.717) is 17.9 Å². The fraction of sp³-hybridized carbons (Fsp3) is 0.381. The highest BCUT2D eigenvalue weighted by Gasteiger charge is 2.25. The lowest BCUT2D eigenvalue weighted by Crippen LogP contribution is -2.22. The minimum absolute atomic E-state index is 0.0228. The van der Waals surface area contributed by atoms with Gasteiger partial charge < -0.3 is 29.9 Å². The molecule has 13 heteroatoms. The number of carbonyl (C=O) groups excluding carboxylic acids is 2. The third-order valence-electron chi connectivity index (χ3n) is 4.90. The molecule has 13 nitrogen and oxygen atoms in total. The Kier molecular flexibility index (Phi) is 5.81. The minimum atomic E-state index is -2.76. The Morgan fingerprint density at radius 3 is 2.88 bits per heavy atom. The lowest BCUT2D eigenvalue weighted by Gasteiger charge is -2.15. The molecule has 3 aromatic rings. The second-order valence-corrected chi connectivity index (χ2v) is 7.45. The van der Waals surface area contributed by atoms with Crippen LogP contribution in [0.15, 0.2) is 22.9 Å². The van der Waals surface area contributed by atoms with Crippen molar-refractivity contribution in [3.8, 4) is 17.1 Å². The zero-order valence-electron chi connectivity index (χ0n) is 21.4. The molecule has 34 heavy (non-hydrogen) atoms. The van der Waals surface area contributed by atoms with E-state index in [1.165, 1.54) is 26.5 Å². The summed E-state index contributed by atoms with van der Waals surface area (Å²) in [7, 11) is 2.89. The van der Waals surface area contributed by atoms with Crippen LogP contribution in [-0.4, -0.2) is 58.3 Å². The standard InChI is InChI=1S/C21H24N8O5/c1-22-21(31)17-13(9-14(27-28-17)25-15(30)8-11-4-5-11)24-20-18(33-3)12(6-7-23-20)19-26-16(10-32-2)34-29-19/h6-7,9,11H,4-5,8,10H2,1-3H3,(H,22,31)(H2,23,24,25,27,30)/i1D3. The molecule has 0 saturated heterocycles. The summed E-state index contributed by atoms with van der Waals surface area (Å²) < 4.78 is 37.7. The summed E-state index contributed by atoms with van der Waals surface area (Å²) in [5.41, 5.74) is 0.0988. The van der Waals surface area contributed by atoms with E-state index in [9.17, 15) is 9.59 Å². The number of aromatic nitrogens is 5. The van der Waals surface area contributed by atoms with Crippen LogP contribution in [0, 0.1) is 5.92 Å². The average molecular weight is 471 g/mol. The minimum Gasteiger partial charge on any atom is -0.492 e. The first-order valence-corrected chi connectivity index (χ1v) is 10.3. The second-order valence-electron chi connectivity index (χ2n) is 7.45. The Balaban J connectivity index is 1.68. The smallest absolute Gasteiger partial charge is 0.273 e. The highest BCUT2D eigenvalue weighted by molar-refractivity contribution is 5.99. The van der Waals surface area contributed by atoms with E-state index in [0.717, 1.165) is 12.8 Å². The SMILES string of the molecule is [2H]C([2H])([2H])NC(=O)c1nnc(NC(=O)CC2CC2)cc1Nc1nccc(-c2noc(COC)n2)c1OC. The topological polar surface area (TPSA) is 166 Å². The van der Waals surface area contributed by atoms with Crippen LogP contribution in [0.1, 0.15) is 39.8 Å². The third kappa shape index (κ3) is 5.26. The molecule has 1 saturated carbocycles. The maximum atomic E-state index is 12.7. The van der Waals surface area contributed by atoms with Gasteiger partial charge in [0.2, 0.25) is 11.7 Å². The molecule has 4 rings (SSSR count). The number of carbonyl (C=O) groups is 2. The van der Waals surface area contributed by atoms with Gasteiger partial charge in [-0.1, -0.05) is 5.16 Å². The fourth-order valence-electron chi connectivity index (χ4n) is 3.15. The summed E-state index contributed by atoms with van der Waals surface area (Å²) in [4.78, 5) is 33.5. The average Bonchev–Trinajstić information content (AvgIpc) is 3.52. The lowest BCUT2D eigenvalue weighted by molar-refractivity contribution is -0.116. The summed E-state index contributed by atoms with van der Waals surface area (Å²) in [6, 6.07) is 2.95. The van der Waals surface area contributed by atoms with E-state index >= 15 is 0 Å². The van der Waals surface area contributed by atoms with Crippen LogP contribution >= 0.6 is 0 Å². The zero-order chi connectivity index (χ0) is 26.6. The molecule has 3 aromatic heterocycles. The quantitative estimate of drug-likeness (QED) is 0.395. The third-order valence-corrected chi connectivity index (χ3v) is 4.90. The first-order valence-electron chi connectivity index (χ1n) is 11.8. The van der Waals surface area contributed by atoms with Gasteiger partial charge in [-0.05, 0) is 24.8 Å². The van der Waals surface area contributed by atoms with Crippen LogP contribution in [0.2, 0.25) is 0 Å². The van der Waals surface area contributed by atoms with Gasteiger partial charge in [-0.25, -0.2) is 4.98 Å². The number of nitrogens with one attached hydrogen (secondary N) is 3. The normalized spacial score (nSPS) is 14.5. The first kappa shape index (κ1) is 19.3. The molecule has 0 bridgehead atoms. The number of hydrogen-bond acceptors (Lipinski definition) is 11. The van der Waals surface area contributed by atoms with Crippen molar-refractivity contribution in [2.75, 3.05) is 31.8 Å². The Bertz CT molecular complexity index is 1300. The molecule has 0 spiro atoms. The summed E-state index contributed by atoms with van der Waals surface area (Å²) in [5, 5.41) is 19.1. The van der Waals surface area contributed by atoms with Crippen molar-refractivity contribution >= 4 is 29.1 Å². The van der Waals surface area contributed by atoms with Crippen molar-refractivity contribution < 1.29 is 27.7 Å². The van der Waals surface area contributed by atoms with Crippen LogP contribution in [0.4, 0.5) is 17.3 Å². The largest absolute Gasteiger partial charge is 0.492 e. The molecule has 0 aliphatic heterocycles. The highest BCUT2D eigenvalue weighted by Crippen LogP contribution is 2.36. The summed E-state index contributed by atoms with van der Waals surface area (Å²) in [6.45, 7) is -2.65. The molecule has 178 valence electrons. The van der Waals surface area contributed by atoms with Gasteiger partial charge in [0.1, 0.15) is 6.61 Å². The second kappa shape index (κ2) is 10.2. The number of amides is 2. The predicted molar refractivity (Wildman–Crippen MR) is 119 cm³/mol. The number of hydrogen-bond donors (Lipinski definition) is 3. The van der Waals surface area contributed by atoms with Gasteiger partial charge in [-0.15, -0.1) is 10.2 Å². The van der Waals surface area contributed by atoms with Gasteiger partial charge in [-0.2, -0.15) is 4.98 Å². The van der Waals surface area contributed by atoms with Crippen LogP contribution in [0.25, 0.3) is 11.4 Å². The molecule has 0 radical (unpaired) electrons. The van der Waals surface area contributed by atoms with E-state index in [1.807, 2.05) is 5.32 Å². The van der Waals surface area contributed by atoms with Crippen LogP contribution in [0.5, 0.6) is 5.75 Å². The Morgan fingerprint density at radius 2 is 2.15 bits per heavy atom. The van der Waals surface area contributed by atoms with Gasteiger partial charge in [0.05, 0.1) is 18.4 Å². The molecule has 0 unspecified atom stereocenters.